The number of carbonyl (C=O) groups excluding carboxylic acids is 1. The number of halogens is 2. The summed E-state index contributed by atoms with van der Waals surface area (Å²) in [6.45, 7) is 1.87. The molecule has 1 amide bonds. The first kappa shape index (κ1) is 14.6. The van der Waals surface area contributed by atoms with Gasteiger partial charge in [0.05, 0.1) is 0 Å². The smallest absolute Gasteiger partial charge is 0.240 e. The van der Waals surface area contributed by atoms with Gasteiger partial charge < -0.3 is 0 Å². The van der Waals surface area contributed by atoms with E-state index in [0.29, 0.717) is 12.8 Å². The van der Waals surface area contributed by atoms with Gasteiger partial charge in [-0.05, 0) is 12.5 Å². The van der Waals surface area contributed by atoms with E-state index in [9.17, 15) is 13.6 Å². The third-order valence-electron chi connectivity index (χ3n) is 4.16. The molecule has 22 heavy (non-hydrogen) atoms. The molecule has 0 radical (unpaired) electrons. The van der Waals surface area contributed by atoms with Gasteiger partial charge in [-0.2, -0.15) is 5.10 Å². The molecule has 1 atom stereocenters. The fraction of sp³-hybridized carbons (Fsp3) is 0.294. The van der Waals surface area contributed by atoms with Gasteiger partial charge in [0.15, 0.2) is 0 Å². The molecule has 3 nitrogen and oxygen atoms in total. The molecular formula is C17H16F2N2O. The number of allylic oxidation sites excluding steroid dienone is 4. The lowest BCUT2D eigenvalue weighted by atomic mass is 9.75. The minimum Gasteiger partial charge on any atom is -0.273 e. The van der Waals surface area contributed by atoms with Crippen LogP contribution in [0, 0.1) is 11.2 Å². The molecule has 5 heteroatoms. The minimum absolute atomic E-state index is 0.113. The van der Waals surface area contributed by atoms with E-state index in [1.807, 2.05) is 13.0 Å². The normalized spacial score (nSPS) is 25.0. The SMILES string of the molecule is CC1(C2=NNC(=O)CC2)C=CC(c2ccccc2F)=C(F)C1. The zero-order valence-electron chi connectivity index (χ0n) is 12.2. The summed E-state index contributed by atoms with van der Waals surface area (Å²) in [5.74, 6) is -0.937. The fourth-order valence-electron chi connectivity index (χ4n) is 2.83. The van der Waals surface area contributed by atoms with Crippen molar-refractivity contribution in [1.82, 2.24) is 5.43 Å². The second kappa shape index (κ2) is 5.48. The Kier molecular flexibility index (Phi) is 3.64. The summed E-state index contributed by atoms with van der Waals surface area (Å²) < 4.78 is 28.4. The van der Waals surface area contributed by atoms with Crippen LogP contribution in [0.3, 0.4) is 0 Å². The maximum absolute atomic E-state index is 14.6. The lowest BCUT2D eigenvalue weighted by Crippen LogP contribution is -2.35. The van der Waals surface area contributed by atoms with E-state index in [2.05, 4.69) is 10.5 Å². The van der Waals surface area contributed by atoms with Crippen LogP contribution < -0.4 is 5.43 Å². The van der Waals surface area contributed by atoms with Gasteiger partial charge in [-0.15, -0.1) is 0 Å². The Morgan fingerprint density at radius 3 is 2.64 bits per heavy atom. The van der Waals surface area contributed by atoms with Crippen molar-refractivity contribution < 1.29 is 13.6 Å². The summed E-state index contributed by atoms with van der Waals surface area (Å²) >= 11 is 0. The third-order valence-corrected chi connectivity index (χ3v) is 4.16. The zero-order chi connectivity index (χ0) is 15.7. The maximum Gasteiger partial charge on any atom is 0.240 e. The molecule has 3 rings (SSSR count). The summed E-state index contributed by atoms with van der Waals surface area (Å²) in [7, 11) is 0. The van der Waals surface area contributed by atoms with Crippen molar-refractivity contribution in [2.45, 2.75) is 26.2 Å². The summed E-state index contributed by atoms with van der Waals surface area (Å²) in [5, 5.41) is 4.06. The Balaban J connectivity index is 1.91. The number of hydrogen-bond donors (Lipinski definition) is 1. The molecule has 1 aliphatic heterocycles. The first-order valence-corrected chi connectivity index (χ1v) is 7.18. The van der Waals surface area contributed by atoms with E-state index in [1.165, 1.54) is 6.07 Å². The molecule has 0 saturated carbocycles. The van der Waals surface area contributed by atoms with Gasteiger partial charge in [-0.25, -0.2) is 14.2 Å². The number of rotatable bonds is 2. The molecule has 1 N–H and O–H groups in total. The standard InChI is InChI=1S/C17H16F2N2O/c1-17(15-6-7-16(22)21-20-15)9-8-12(14(19)10-17)11-4-2-3-5-13(11)18/h2-5,8-9H,6-7,10H2,1H3,(H,21,22). The number of hydrogen-bond acceptors (Lipinski definition) is 2. The quantitative estimate of drug-likeness (QED) is 0.888. The van der Waals surface area contributed by atoms with Gasteiger partial charge in [0.2, 0.25) is 5.91 Å². The fourth-order valence-corrected chi connectivity index (χ4v) is 2.83. The molecule has 114 valence electrons. The van der Waals surface area contributed by atoms with Gasteiger partial charge in [0, 0.05) is 35.1 Å². The Hall–Kier alpha value is -2.30. The first-order chi connectivity index (χ1) is 10.5. The second-order valence-electron chi connectivity index (χ2n) is 5.82. The first-order valence-electron chi connectivity index (χ1n) is 7.18. The van der Waals surface area contributed by atoms with Crippen molar-refractivity contribution in [3.8, 4) is 0 Å². The summed E-state index contributed by atoms with van der Waals surface area (Å²) in [4.78, 5) is 11.2. The topological polar surface area (TPSA) is 41.5 Å². The van der Waals surface area contributed by atoms with Gasteiger partial charge in [-0.1, -0.05) is 37.3 Å². The van der Waals surface area contributed by atoms with Crippen molar-refractivity contribution in [2.24, 2.45) is 10.5 Å². The van der Waals surface area contributed by atoms with Crippen LogP contribution in [0.2, 0.25) is 0 Å². The van der Waals surface area contributed by atoms with Gasteiger partial charge in [0.1, 0.15) is 11.6 Å². The minimum atomic E-state index is -0.591. The highest BCUT2D eigenvalue weighted by molar-refractivity contribution is 5.98. The van der Waals surface area contributed by atoms with Crippen LogP contribution in [0.4, 0.5) is 8.78 Å². The predicted molar refractivity (Wildman–Crippen MR) is 81.1 cm³/mol. The number of amides is 1. The maximum atomic E-state index is 14.6. The highest BCUT2D eigenvalue weighted by atomic mass is 19.1. The predicted octanol–water partition coefficient (Wildman–Crippen LogP) is 3.74. The van der Waals surface area contributed by atoms with E-state index < -0.39 is 11.2 Å². The van der Waals surface area contributed by atoms with E-state index >= 15 is 0 Å². The Labute approximate surface area is 127 Å². The van der Waals surface area contributed by atoms with Crippen LogP contribution >= 0.6 is 0 Å². The Bertz CT molecular complexity index is 721. The van der Waals surface area contributed by atoms with Crippen LogP contribution in [0.5, 0.6) is 0 Å². The van der Waals surface area contributed by atoms with Crippen molar-refractivity contribution >= 4 is 17.2 Å². The Morgan fingerprint density at radius 1 is 1.23 bits per heavy atom. The Morgan fingerprint density at radius 2 is 2.00 bits per heavy atom. The molecule has 1 unspecified atom stereocenters. The molecule has 0 bridgehead atoms. The number of benzene rings is 1. The molecule has 1 heterocycles. The number of hydrazone groups is 1. The molecule has 1 aromatic carbocycles. The summed E-state index contributed by atoms with van der Waals surface area (Å²) in [5.41, 5.74) is 3.12. The molecule has 1 aromatic rings. The third kappa shape index (κ3) is 2.58. The molecule has 0 aromatic heterocycles. The second-order valence-corrected chi connectivity index (χ2v) is 5.82. The summed E-state index contributed by atoms with van der Waals surface area (Å²) in [6, 6.07) is 6.14. The van der Waals surface area contributed by atoms with Crippen LogP contribution in [-0.4, -0.2) is 11.6 Å². The van der Waals surface area contributed by atoms with E-state index in [4.69, 9.17) is 0 Å². The molecular weight excluding hydrogens is 286 g/mol. The van der Waals surface area contributed by atoms with Crippen molar-refractivity contribution in [3.63, 3.8) is 0 Å². The molecule has 1 aliphatic carbocycles. The van der Waals surface area contributed by atoms with Crippen LogP contribution in [0.1, 0.15) is 31.7 Å². The average molecular weight is 302 g/mol. The monoisotopic (exact) mass is 302 g/mol. The highest BCUT2D eigenvalue weighted by Gasteiger charge is 2.35. The van der Waals surface area contributed by atoms with Crippen molar-refractivity contribution in [2.75, 3.05) is 0 Å². The van der Waals surface area contributed by atoms with Gasteiger partial charge in [-0.3, -0.25) is 4.79 Å². The van der Waals surface area contributed by atoms with Gasteiger partial charge in [0.25, 0.3) is 0 Å². The van der Waals surface area contributed by atoms with E-state index in [0.717, 1.165) is 5.71 Å². The number of carbonyl (C=O) groups is 1. The highest BCUT2D eigenvalue weighted by Crippen LogP contribution is 2.41. The molecule has 2 aliphatic rings. The number of nitrogens with one attached hydrogen (secondary N) is 1. The van der Waals surface area contributed by atoms with Gasteiger partial charge >= 0.3 is 0 Å². The molecule has 0 fully saturated rings. The lowest BCUT2D eigenvalue weighted by Gasteiger charge is -2.32. The van der Waals surface area contributed by atoms with E-state index in [1.54, 1.807) is 24.3 Å². The van der Waals surface area contributed by atoms with E-state index in [-0.39, 0.29) is 29.3 Å². The van der Waals surface area contributed by atoms with Crippen LogP contribution in [0.25, 0.3) is 5.57 Å². The molecule has 0 spiro atoms. The van der Waals surface area contributed by atoms with Crippen LogP contribution in [0.15, 0.2) is 47.3 Å². The molecule has 0 saturated heterocycles. The largest absolute Gasteiger partial charge is 0.273 e. The lowest BCUT2D eigenvalue weighted by molar-refractivity contribution is -0.121. The number of nitrogens with zero attached hydrogens (tertiary/aromatic N) is 1. The van der Waals surface area contributed by atoms with Crippen molar-refractivity contribution in [3.05, 3.63) is 53.6 Å². The average Bonchev–Trinajstić information content (AvgIpc) is 2.49. The zero-order valence-corrected chi connectivity index (χ0v) is 12.2. The summed E-state index contributed by atoms with van der Waals surface area (Å²) in [6.07, 6.45) is 4.43. The van der Waals surface area contributed by atoms with Crippen LogP contribution in [-0.2, 0) is 4.79 Å². The van der Waals surface area contributed by atoms with Crippen molar-refractivity contribution in [1.29, 1.82) is 0 Å².